The smallest absolute Gasteiger partial charge is 0.348 e. The second-order valence-electron chi connectivity index (χ2n) is 4.03. The van der Waals surface area contributed by atoms with Crippen molar-refractivity contribution in [2.75, 3.05) is 12.4 Å². The third-order valence-corrected chi connectivity index (χ3v) is 4.61. The lowest BCUT2D eigenvalue weighted by Crippen LogP contribution is -2.09. The molecule has 2 aromatic rings. The summed E-state index contributed by atoms with van der Waals surface area (Å²) in [5.74, 6) is -0.244. The minimum atomic E-state index is -0.244. The van der Waals surface area contributed by atoms with Crippen molar-refractivity contribution in [3.8, 4) is 9.75 Å². The zero-order chi connectivity index (χ0) is 13.1. The average Bonchev–Trinajstić information content (AvgIpc) is 2.96. The molecule has 0 aliphatic carbocycles. The molecule has 0 radical (unpaired) electrons. The topological polar surface area (TPSA) is 38.3 Å². The summed E-state index contributed by atoms with van der Waals surface area (Å²) >= 11 is 3.14. The van der Waals surface area contributed by atoms with Gasteiger partial charge in [0.25, 0.3) is 0 Å². The first-order valence-electron chi connectivity index (χ1n) is 5.69. The van der Waals surface area contributed by atoms with Gasteiger partial charge in [-0.1, -0.05) is 0 Å². The van der Waals surface area contributed by atoms with Crippen LogP contribution >= 0.6 is 22.7 Å². The molecule has 2 aromatic heterocycles. The lowest BCUT2D eigenvalue weighted by molar-refractivity contribution is 0.0384. The SMILES string of the molecule is CNc1ccc(-c2ccc(C(=O)OC(C)C)s2)s1. The van der Waals surface area contributed by atoms with Crippen LogP contribution in [-0.2, 0) is 4.74 Å². The molecule has 0 saturated carbocycles. The predicted octanol–water partition coefficient (Wildman–Crippen LogP) is 4.08. The van der Waals surface area contributed by atoms with Crippen LogP contribution in [0.4, 0.5) is 5.00 Å². The summed E-state index contributed by atoms with van der Waals surface area (Å²) in [6, 6.07) is 7.88. The maximum Gasteiger partial charge on any atom is 0.348 e. The first kappa shape index (κ1) is 13.1. The lowest BCUT2D eigenvalue weighted by atomic mass is 10.3. The van der Waals surface area contributed by atoms with Gasteiger partial charge >= 0.3 is 5.97 Å². The highest BCUT2D eigenvalue weighted by atomic mass is 32.1. The quantitative estimate of drug-likeness (QED) is 0.858. The van der Waals surface area contributed by atoms with E-state index >= 15 is 0 Å². The Hall–Kier alpha value is -1.33. The molecular formula is C13H15NO2S2. The Morgan fingerprint density at radius 3 is 2.44 bits per heavy atom. The number of hydrogen-bond acceptors (Lipinski definition) is 5. The lowest BCUT2D eigenvalue weighted by Gasteiger charge is -2.05. The normalized spacial score (nSPS) is 10.7. The molecule has 3 nitrogen and oxygen atoms in total. The van der Waals surface area contributed by atoms with Gasteiger partial charge in [0.15, 0.2) is 0 Å². The molecule has 2 rings (SSSR count). The molecule has 0 spiro atoms. The van der Waals surface area contributed by atoms with Gasteiger partial charge in [0.2, 0.25) is 0 Å². The van der Waals surface area contributed by atoms with Crippen LogP contribution in [-0.4, -0.2) is 19.1 Å². The van der Waals surface area contributed by atoms with Gasteiger partial charge in [-0.15, -0.1) is 22.7 Å². The largest absolute Gasteiger partial charge is 0.459 e. The van der Waals surface area contributed by atoms with Crippen molar-refractivity contribution < 1.29 is 9.53 Å². The Morgan fingerprint density at radius 2 is 1.83 bits per heavy atom. The van der Waals surface area contributed by atoms with Gasteiger partial charge in [0.1, 0.15) is 4.88 Å². The molecule has 0 fully saturated rings. The van der Waals surface area contributed by atoms with Crippen LogP contribution in [0.5, 0.6) is 0 Å². The molecule has 2 heterocycles. The van der Waals surface area contributed by atoms with Crippen molar-refractivity contribution in [1.82, 2.24) is 0 Å². The predicted molar refractivity (Wildman–Crippen MR) is 77.7 cm³/mol. The van der Waals surface area contributed by atoms with Crippen LogP contribution in [0.3, 0.4) is 0 Å². The molecule has 96 valence electrons. The number of ether oxygens (including phenoxy) is 1. The molecule has 0 saturated heterocycles. The molecule has 0 unspecified atom stereocenters. The number of nitrogens with one attached hydrogen (secondary N) is 1. The second-order valence-corrected chi connectivity index (χ2v) is 6.20. The molecule has 0 atom stereocenters. The Balaban J connectivity index is 2.17. The summed E-state index contributed by atoms with van der Waals surface area (Å²) in [4.78, 5) is 14.6. The zero-order valence-corrected chi connectivity index (χ0v) is 12.2. The van der Waals surface area contributed by atoms with E-state index in [1.807, 2.05) is 39.1 Å². The molecule has 1 N–H and O–H groups in total. The van der Waals surface area contributed by atoms with E-state index < -0.39 is 0 Å². The average molecular weight is 281 g/mol. The fraction of sp³-hybridized carbons (Fsp3) is 0.308. The molecular weight excluding hydrogens is 266 g/mol. The minimum Gasteiger partial charge on any atom is -0.459 e. The highest BCUT2D eigenvalue weighted by Gasteiger charge is 2.13. The number of anilines is 1. The molecule has 18 heavy (non-hydrogen) atoms. The van der Waals surface area contributed by atoms with Crippen LogP contribution in [0.1, 0.15) is 23.5 Å². The number of esters is 1. The maximum absolute atomic E-state index is 11.7. The van der Waals surface area contributed by atoms with Crippen LogP contribution in [0.15, 0.2) is 24.3 Å². The third kappa shape index (κ3) is 2.91. The van der Waals surface area contributed by atoms with E-state index in [4.69, 9.17) is 4.74 Å². The Bertz CT molecular complexity index is 543. The summed E-state index contributed by atoms with van der Waals surface area (Å²) < 4.78 is 5.17. The number of rotatable bonds is 4. The number of carbonyl (C=O) groups excluding carboxylic acids is 1. The van der Waals surface area contributed by atoms with Crippen molar-refractivity contribution in [1.29, 1.82) is 0 Å². The van der Waals surface area contributed by atoms with Gasteiger partial charge in [-0.2, -0.15) is 0 Å². The monoisotopic (exact) mass is 281 g/mol. The Labute approximate surface area is 114 Å². The van der Waals surface area contributed by atoms with Gasteiger partial charge in [0.05, 0.1) is 11.1 Å². The number of thiophene rings is 2. The van der Waals surface area contributed by atoms with Crippen molar-refractivity contribution >= 4 is 33.6 Å². The molecule has 0 bridgehead atoms. The van der Waals surface area contributed by atoms with E-state index in [2.05, 4.69) is 11.4 Å². The van der Waals surface area contributed by atoms with E-state index in [-0.39, 0.29) is 12.1 Å². The summed E-state index contributed by atoms with van der Waals surface area (Å²) in [7, 11) is 1.90. The summed E-state index contributed by atoms with van der Waals surface area (Å²) in [5, 5.41) is 4.22. The molecule has 5 heteroatoms. The summed E-state index contributed by atoms with van der Waals surface area (Å²) in [6.45, 7) is 3.70. The van der Waals surface area contributed by atoms with Gasteiger partial charge < -0.3 is 10.1 Å². The summed E-state index contributed by atoms with van der Waals surface area (Å²) in [5.41, 5.74) is 0. The highest BCUT2D eigenvalue weighted by Crippen LogP contribution is 2.35. The van der Waals surface area contributed by atoms with E-state index in [1.165, 1.54) is 11.3 Å². The van der Waals surface area contributed by atoms with Crippen LogP contribution in [0, 0.1) is 0 Å². The van der Waals surface area contributed by atoms with Crippen LogP contribution < -0.4 is 5.32 Å². The highest BCUT2D eigenvalue weighted by molar-refractivity contribution is 7.24. The van der Waals surface area contributed by atoms with E-state index in [0.29, 0.717) is 4.88 Å². The zero-order valence-electron chi connectivity index (χ0n) is 10.5. The Morgan fingerprint density at radius 1 is 1.17 bits per heavy atom. The van der Waals surface area contributed by atoms with Crippen molar-refractivity contribution in [2.45, 2.75) is 20.0 Å². The van der Waals surface area contributed by atoms with Gasteiger partial charge in [0, 0.05) is 16.8 Å². The van der Waals surface area contributed by atoms with E-state index in [0.717, 1.165) is 14.8 Å². The van der Waals surface area contributed by atoms with Crippen molar-refractivity contribution in [3.05, 3.63) is 29.1 Å². The third-order valence-electron chi connectivity index (χ3n) is 2.25. The molecule has 0 amide bonds. The van der Waals surface area contributed by atoms with Gasteiger partial charge in [-0.3, -0.25) is 0 Å². The summed E-state index contributed by atoms with van der Waals surface area (Å²) in [6.07, 6.45) is -0.0827. The van der Waals surface area contributed by atoms with E-state index in [9.17, 15) is 4.79 Å². The van der Waals surface area contributed by atoms with Crippen LogP contribution in [0.2, 0.25) is 0 Å². The fourth-order valence-corrected chi connectivity index (χ4v) is 3.30. The minimum absolute atomic E-state index is 0.0827. The molecule has 0 aliphatic heterocycles. The first-order chi connectivity index (χ1) is 8.60. The van der Waals surface area contributed by atoms with Crippen LogP contribution in [0.25, 0.3) is 9.75 Å². The molecule has 0 aliphatic rings. The Kier molecular flexibility index (Phi) is 4.04. The number of hydrogen-bond donors (Lipinski definition) is 1. The van der Waals surface area contributed by atoms with E-state index in [1.54, 1.807) is 11.3 Å². The first-order valence-corrected chi connectivity index (χ1v) is 7.32. The van der Waals surface area contributed by atoms with Gasteiger partial charge in [-0.05, 0) is 38.1 Å². The second kappa shape index (κ2) is 5.54. The van der Waals surface area contributed by atoms with Gasteiger partial charge in [-0.25, -0.2) is 4.79 Å². The standard InChI is InChI=1S/C13H15NO2S2/c1-8(2)16-13(15)11-5-4-9(17-11)10-6-7-12(14-3)18-10/h4-8,14H,1-3H3. The fourth-order valence-electron chi connectivity index (χ4n) is 1.46. The number of carbonyl (C=O) groups is 1. The maximum atomic E-state index is 11.7. The molecule has 0 aromatic carbocycles. The van der Waals surface area contributed by atoms with Crippen molar-refractivity contribution in [3.63, 3.8) is 0 Å². The van der Waals surface area contributed by atoms with Crippen molar-refractivity contribution in [2.24, 2.45) is 0 Å².